The van der Waals surface area contributed by atoms with Gasteiger partial charge < -0.3 is 10.6 Å². The Balaban J connectivity index is 2.44. The predicted octanol–water partition coefficient (Wildman–Crippen LogP) is 0.912. The van der Waals surface area contributed by atoms with Crippen LogP contribution in [0.2, 0.25) is 0 Å². The van der Waals surface area contributed by atoms with Crippen LogP contribution in [0.15, 0.2) is 0 Å². The van der Waals surface area contributed by atoms with Gasteiger partial charge in [-0.05, 0) is 19.3 Å². The number of rotatable bonds is 4. The average molecular weight is 241 g/mol. The van der Waals surface area contributed by atoms with Gasteiger partial charge in [-0.25, -0.2) is 0 Å². The van der Waals surface area contributed by atoms with E-state index in [1.807, 2.05) is 18.7 Å². The largest absolute Gasteiger partial charge is 0.339 e. The van der Waals surface area contributed by atoms with Crippen LogP contribution in [0.5, 0.6) is 0 Å². The van der Waals surface area contributed by atoms with Gasteiger partial charge in [0, 0.05) is 32.2 Å². The third-order valence-corrected chi connectivity index (χ3v) is 3.84. The van der Waals surface area contributed by atoms with Crippen molar-refractivity contribution in [3.05, 3.63) is 0 Å². The summed E-state index contributed by atoms with van der Waals surface area (Å²) in [5, 5.41) is 0. The summed E-state index contributed by atoms with van der Waals surface area (Å²) >= 11 is 0. The number of hydrogen-bond acceptors (Lipinski definition) is 3. The van der Waals surface area contributed by atoms with Crippen molar-refractivity contribution in [3.63, 3.8) is 0 Å². The fourth-order valence-corrected chi connectivity index (χ4v) is 2.14. The van der Waals surface area contributed by atoms with Crippen LogP contribution in [0.4, 0.5) is 0 Å². The highest BCUT2D eigenvalue weighted by atomic mass is 16.2. The number of nitrogens with two attached hydrogens (primary N) is 1. The molecule has 0 spiro atoms. The van der Waals surface area contributed by atoms with Crippen LogP contribution < -0.4 is 5.73 Å². The van der Waals surface area contributed by atoms with E-state index in [0.717, 1.165) is 26.2 Å². The molecule has 0 aromatic heterocycles. The van der Waals surface area contributed by atoms with Crippen molar-refractivity contribution in [2.45, 2.75) is 46.2 Å². The highest BCUT2D eigenvalue weighted by Crippen LogP contribution is 2.11. The maximum atomic E-state index is 12.1. The van der Waals surface area contributed by atoms with Crippen LogP contribution in [-0.4, -0.2) is 54.0 Å². The SMILES string of the molecule is CCC(C)N1CCN(C(=O)[C@@H](N)C(C)C)CC1. The second-order valence-corrected chi connectivity index (χ2v) is 5.39. The first-order chi connectivity index (χ1) is 7.97. The van der Waals surface area contributed by atoms with Gasteiger partial charge in [-0.15, -0.1) is 0 Å². The third-order valence-electron chi connectivity index (χ3n) is 3.84. The summed E-state index contributed by atoms with van der Waals surface area (Å²) < 4.78 is 0. The molecule has 0 aliphatic carbocycles. The van der Waals surface area contributed by atoms with E-state index in [0.29, 0.717) is 6.04 Å². The van der Waals surface area contributed by atoms with Gasteiger partial charge in [0.2, 0.25) is 5.91 Å². The Morgan fingerprint density at radius 1 is 1.18 bits per heavy atom. The minimum Gasteiger partial charge on any atom is -0.339 e. The minimum absolute atomic E-state index is 0.115. The zero-order chi connectivity index (χ0) is 13.0. The Bertz CT molecular complexity index is 247. The number of amides is 1. The first-order valence-corrected chi connectivity index (χ1v) is 6.75. The minimum atomic E-state index is -0.342. The lowest BCUT2D eigenvalue weighted by Gasteiger charge is -2.39. The summed E-state index contributed by atoms with van der Waals surface area (Å²) in [6.07, 6.45) is 1.17. The molecule has 1 rings (SSSR count). The number of piperazine rings is 1. The number of hydrogen-bond donors (Lipinski definition) is 1. The van der Waals surface area contributed by atoms with Crippen molar-refractivity contribution < 1.29 is 4.79 Å². The first kappa shape index (κ1) is 14.5. The molecule has 1 unspecified atom stereocenters. The molecular formula is C13H27N3O. The van der Waals surface area contributed by atoms with Crippen molar-refractivity contribution in [2.24, 2.45) is 11.7 Å². The zero-order valence-electron chi connectivity index (χ0n) is 11.6. The van der Waals surface area contributed by atoms with Crippen LogP contribution in [-0.2, 0) is 4.79 Å². The van der Waals surface area contributed by atoms with E-state index in [9.17, 15) is 4.79 Å². The number of carbonyl (C=O) groups excluding carboxylic acids is 1. The van der Waals surface area contributed by atoms with Crippen molar-refractivity contribution in [2.75, 3.05) is 26.2 Å². The lowest BCUT2D eigenvalue weighted by Crippen LogP contribution is -2.55. The summed E-state index contributed by atoms with van der Waals surface area (Å²) in [6.45, 7) is 12.1. The Morgan fingerprint density at radius 3 is 2.12 bits per heavy atom. The standard InChI is InChI=1S/C13H27N3O/c1-5-11(4)15-6-8-16(9-7-15)13(17)12(14)10(2)3/h10-12H,5-9,14H2,1-4H3/t11?,12-/m0/s1. The summed E-state index contributed by atoms with van der Waals surface area (Å²) in [4.78, 5) is 16.4. The normalized spacial score (nSPS) is 21.6. The van der Waals surface area contributed by atoms with Crippen molar-refractivity contribution >= 4 is 5.91 Å². The molecule has 1 saturated heterocycles. The Kier molecular flexibility index (Phi) is 5.40. The van der Waals surface area contributed by atoms with Gasteiger partial charge in [0.05, 0.1) is 6.04 Å². The van der Waals surface area contributed by atoms with E-state index in [1.54, 1.807) is 0 Å². The predicted molar refractivity (Wildman–Crippen MR) is 70.7 cm³/mol. The third kappa shape index (κ3) is 3.68. The number of nitrogens with zero attached hydrogens (tertiary/aromatic N) is 2. The van der Waals surface area contributed by atoms with Crippen LogP contribution in [0.25, 0.3) is 0 Å². The van der Waals surface area contributed by atoms with E-state index < -0.39 is 0 Å². The van der Waals surface area contributed by atoms with Crippen molar-refractivity contribution in [1.82, 2.24) is 9.80 Å². The van der Waals surface area contributed by atoms with E-state index in [-0.39, 0.29) is 17.9 Å². The molecule has 1 amide bonds. The molecule has 0 bridgehead atoms. The van der Waals surface area contributed by atoms with E-state index in [4.69, 9.17) is 5.73 Å². The second-order valence-electron chi connectivity index (χ2n) is 5.39. The Hall–Kier alpha value is -0.610. The highest BCUT2D eigenvalue weighted by molar-refractivity contribution is 5.82. The molecule has 100 valence electrons. The topological polar surface area (TPSA) is 49.6 Å². The van der Waals surface area contributed by atoms with Gasteiger partial charge >= 0.3 is 0 Å². The summed E-state index contributed by atoms with van der Waals surface area (Å²) in [6, 6.07) is 0.274. The molecule has 4 nitrogen and oxygen atoms in total. The highest BCUT2D eigenvalue weighted by Gasteiger charge is 2.27. The van der Waals surface area contributed by atoms with Gasteiger partial charge in [-0.1, -0.05) is 20.8 Å². The molecule has 4 heteroatoms. The molecule has 1 heterocycles. The lowest BCUT2D eigenvalue weighted by molar-refractivity contribution is -0.135. The maximum Gasteiger partial charge on any atom is 0.239 e. The van der Waals surface area contributed by atoms with Crippen molar-refractivity contribution in [1.29, 1.82) is 0 Å². The van der Waals surface area contributed by atoms with Gasteiger partial charge in [-0.2, -0.15) is 0 Å². The van der Waals surface area contributed by atoms with E-state index in [1.165, 1.54) is 6.42 Å². The lowest BCUT2D eigenvalue weighted by atomic mass is 10.0. The summed E-state index contributed by atoms with van der Waals surface area (Å²) in [5.41, 5.74) is 5.91. The molecular weight excluding hydrogens is 214 g/mol. The van der Waals surface area contributed by atoms with Gasteiger partial charge in [-0.3, -0.25) is 9.69 Å². The fraction of sp³-hybridized carbons (Fsp3) is 0.923. The monoisotopic (exact) mass is 241 g/mol. The van der Waals surface area contributed by atoms with Crippen LogP contribution in [0.3, 0.4) is 0 Å². The van der Waals surface area contributed by atoms with Crippen LogP contribution >= 0.6 is 0 Å². The van der Waals surface area contributed by atoms with E-state index >= 15 is 0 Å². The van der Waals surface area contributed by atoms with Crippen LogP contribution in [0.1, 0.15) is 34.1 Å². The smallest absolute Gasteiger partial charge is 0.239 e. The molecule has 0 saturated carbocycles. The zero-order valence-corrected chi connectivity index (χ0v) is 11.6. The Labute approximate surface area is 105 Å². The molecule has 0 radical (unpaired) electrons. The van der Waals surface area contributed by atoms with Gasteiger partial charge in [0.1, 0.15) is 0 Å². The van der Waals surface area contributed by atoms with Gasteiger partial charge in [0.25, 0.3) is 0 Å². The molecule has 1 fully saturated rings. The second kappa shape index (κ2) is 6.36. The van der Waals surface area contributed by atoms with E-state index in [2.05, 4.69) is 18.7 Å². The van der Waals surface area contributed by atoms with Gasteiger partial charge in [0.15, 0.2) is 0 Å². The average Bonchev–Trinajstić information content (AvgIpc) is 2.36. The summed E-state index contributed by atoms with van der Waals surface area (Å²) in [5.74, 6) is 0.332. The molecule has 2 N–H and O–H groups in total. The molecule has 1 aliphatic heterocycles. The molecule has 2 atom stereocenters. The molecule has 0 aromatic rings. The molecule has 17 heavy (non-hydrogen) atoms. The maximum absolute atomic E-state index is 12.1. The fourth-order valence-electron chi connectivity index (χ4n) is 2.14. The quantitative estimate of drug-likeness (QED) is 0.796. The molecule has 1 aliphatic rings. The molecule has 0 aromatic carbocycles. The Morgan fingerprint density at radius 2 is 1.71 bits per heavy atom. The number of carbonyl (C=O) groups is 1. The van der Waals surface area contributed by atoms with Crippen molar-refractivity contribution in [3.8, 4) is 0 Å². The first-order valence-electron chi connectivity index (χ1n) is 6.75. The summed E-state index contributed by atoms with van der Waals surface area (Å²) in [7, 11) is 0. The van der Waals surface area contributed by atoms with Crippen LogP contribution in [0, 0.1) is 5.92 Å².